The molecule has 4 nitrogen and oxygen atoms in total. The van der Waals surface area contributed by atoms with E-state index in [4.69, 9.17) is 4.74 Å². The summed E-state index contributed by atoms with van der Waals surface area (Å²) in [5, 5.41) is 4.00. The number of carbonyl (C=O) groups is 1. The molecule has 0 amide bonds. The van der Waals surface area contributed by atoms with Crippen molar-refractivity contribution >= 4 is 5.78 Å². The number of rotatable bonds is 3. The first-order valence-electron chi connectivity index (χ1n) is 5.30. The molecule has 0 atom stereocenters. The van der Waals surface area contributed by atoms with E-state index in [1.807, 2.05) is 13.0 Å². The minimum absolute atomic E-state index is 0.0155. The van der Waals surface area contributed by atoms with Gasteiger partial charge >= 0.3 is 0 Å². The minimum atomic E-state index is -0.0155. The number of carbonyl (C=O) groups excluding carboxylic acids is 1. The molecule has 4 heteroatoms. The summed E-state index contributed by atoms with van der Waals surface area (Å²) < 4.78 is 6.73. The summed E-state index contributed by atoms with van der Waals surface area (Å²) in [6, 6.07) is 5.42. The van der Waals surface area contributed by atoms with Gasteiger partial charge in [-0.05, 0) is 30.7 Å². The molecule has 2 aromatic rings. The first kappa shape index (κ1) is 11.4. The van der Waals surface area contributed by atoms with Gasteiger partial charge in [0.15, 0.2) is 5.78 Å². The van der Waals surface area contributed by atoms with Gasteiger partial charge in [-0.15, -0.1) is 0 Å². The van der Waals surface area contributed by atoms with E-state index in [0.29, 0.717) is 11.1 Å². The van der Waals surface area contributed by atoms with Crippen LogP contribution in [0.5, 0.6) is 5.75 Å². The maximum absolute atomic E-state index is 12.2. The monoisotopic (exact) mass is 230 g/mol. The van der Waals surface area contributed by atoms with Crippen LogP contribution in [0.15, 0.2) is 30.6 Å². The number of hydrogen-bond acceptors (Lipinski definition) is 3. The van der Waals surface area contributed by atoms with E-state index in [0.717, 1.165) is 11.3 Å². The standard InChI is InChI=1S/C13H14N2O2/c1-9-6-11(17-3)4-5-12(9)13(16)10-7-14-15(2)8-10/h4-8H,1-3H3. The van der Waals surface area contributed by atoms with E-state index in [2.05, 4.69) is 5.10 Å². The molecule has 88 valence electrons. The van der Waals surface area contributed by atoms with Gasteiger partial charge in [-0.3, -0.25) is 9.48 Å². The maximum Gasteiger partial charge on any atom is 0.196 e. The largest absolute Gasteiger partial charge is 0.497 e. The molecule has 0 bridgehead atoms. The van der Waals surface area contributed by atoms with Gasteiger partial charge in [-0.25, -0.2) is 0 Å². The molecule has 1 aromatic carbocycles. The van der Waals surface area contributed by atoms with Crippen LogP contribution in [0, 0.1) is 6.92 Å². The molecule has 0 aliphatic heterocycles. The van der Waals surface area contributed by atoms with Crippen LogP contribution in [0.3, 0.4) is 0 Å². The number of benzene rings is 1. The van der Waals surface area contributed by atoms with E-state index >= 15 is 0 Å². The van der Waals surface area contributed by atoms with Crippen LogP contribution >= 0.6 is 0 Å². The van der Waals surface area contributed by atoms with Gasteiger partial charge in [0, 0.05) is 18.8 Å². The molecule has 0 radical (unpaired) electrons. The van der Waals surface area contributed by atoms with Crippen molar-refractivity contribution < 1.29 is 9.53 Å². The number of ketones is 1. The Morgan fingerprint density at radius 2 is 2.18 bits per heavy atom. The van der Waals surface area contributed by atoms with E-state index in [9.17, 15) is 4.79 Å². The number of methoxy groups -OCH3 is 1. The second-order valence-electron chi connectivity index (χ2n) is 3.91. The highest BCUT2D eigenvalue weighted by Gasteiger charge is 2.13. The van der Waals surface area contributed by atoms with Gasteiger partial charge < -0.3 is 4.74 Å². The fraction of sp³-hybridized carbons (Fsp3) is 0.231. The smallest absolute Gasteiger partial charge is 0.196 e. The molecule has 0 saturated heterocycles. The van der Waals surface area contributed by atoms with Crippen LogP contribution in [0.4, 0.5) is 0 Å². The van der Waals surface area contributed by atoms with Gasteiger partial charge in [-0.2, -0.15) is 5.10 Å². The number of hydrogen-bond donors (Lipinski definition) is 0. The van der Waals surface area contributed by atoms with Crippen LogP contribution in [0.25, 0.3) is 0 Å². The van der Waals surface area contributed by atoms with Gasteiger partial charge in [-0.1, -0.05) is 0 Å². The zero-order valence-corrected chi connectivity index (χ0v) is 10.1. The Labute approximate surface area is 99.8 Å². The van der Waals surface area contributed by atoms with Crippen LogP contribution in [-0.2, 0) is 7.05 Å². The van der Waals surface area contributed by atoms with Crippen LogP contribution in [-0.4, -0.2) is 22.7 Å². The zero-order valence-electron chi connectivity index (χ0n) is 10.1. The summed E-state index contributed by atoms with van der Waals surface area (Å²) in [6.07, 6.45) is 3.29. The van der Waals surface area contributed by atoms with E-state index in [-0.39, 0.29) is 5.78 Å². The average Bonchev–Trinajstić information content (AvgIpc) is 2.75. The lowest BCUT2D eigenvalue weighted by Gasteiger charge is -2.05. The lowest BCUT2D eigenvalue weighted by Crippen LogP contribution is -2.03. The summed E-state index contributed by atoms with van der Waals surface area (Å²) >= 11 is 0. The fourth-order valence-corrected chi connectivity index (χ4v) is 1.71. The third-order valence-electron chi connectivity index (χ3n) is 2.65. The molecule has 0 aliphatic carbocycles. The molecule has 0 fully saturated rings. The van der Waals surface area contributed by atoms with Crippen molar-refractivity contribution in [2.75, 3.05) is 7.11 Å². The van der Waals surface area contributed by atoms with E-state index in [1.165, 1.54) is 0 Å². The number of ether oxygens (including phenoxy) is 1. The summed E-state index contributed by atoms with van der Waals surface area (Å²) in [5.74, 6) is 0.739. The maximum atomic E-state index is 12.2. The Kier molecular flexibility index (Phi) is 2.95. The number of aromatic nitrogens is 2. The van der Waals surface area contributed by atoms with Crippen molar-refractivity contribution in [3.05, 3.63) is 47.3 Å². The highest BCUT2D eigenvalue weighted by Crippen LogP contribution is 2.19. The molecule has 0 unspecified atom stereocenters. The molecule has 0 spiro atoms. The van der Waals surface area contributed by atoms with Crippen LogP contribution in [0.2, 0.25) is 0 Å². The van der Waals surface area contributed by atoms with Crippen molar-refractivity contribution in [2.24, 2.45) is 7.05 Å². The average molecular weight is 230 g/mol. The molecule has 17 heavy (non-hydrogen) atoms. The Morgan fingerprint density at radius 3 is 2.71 bits per heavy atom. The second-order valence-corrected chi connectivity index (χ2v) is 3.91. The minimum Gasteiger partial charge on any atom is -0.497 e. The third kappa shape index (κ3) is 2.20. The first-order chi connectivity index (χ1) is 8.11. The molecule has 2 rings (SSSR count). The molecular weight excluding hydrogens is 216 g/mol. The number of aryl methyl sites for hydroxylation is 2. The van der Waals surface area contributed by atoms with Crippen LogP contribution < -0.4 is 4.74 Å². The lowest BCUT2D eigenvalue weighted by molar-refractivity contribution is 0.103. The molecular formula is C13H14N2O2. The predicted molar refractivity (Wildman–Crippen MR) is 64.4 cm³/mol. The summed E-state index contributed by atoms with van der Waals surface area (Å²) in [6.45, 7) is 1.89. The summed E-state index contributed by atoms with van der Waals surface area (Å²) in [4.78, 5) is 12.2. The van der Waals surface area contributed by atoms with E-state index < -0.39 is 0 Å². The quantitative estimate of drug-likeness (QED) is 0.757. The highest BCUT2D eigenvalue weighted by molar-refractivity contribution is 6.09. The van der Waals surface area contributed by atoms with Crippen molar-refractivity contribution in [3.63, 3.8) is 0 Å². The third-order valence-corrected chi connectivity index (χ3v) is 2.65. The van der Waals surface area contributed by atoms with Crippen molar-refractivity contribution in [1.29, 1.82) is 0 Å². The van der Waals surface area contributed by atoms with Gasteiger partial charge in [0.05, 0.1) is 18.9 Å². The van der Waals surface area contributed by atoms with Crippen molar-refractivity contribution in [2.45, 2.75) is 6.92 Å². The van der Waals surface area contributed by atoms with Gasteiger partial charge in [0.25, 0.3) is 0 Å². The van der Waals surface area contributed by atoms with Crippen molar-refractivity contribution in [1.82, 2.24) is 9.78 Å². The second kappa shape index (κ2) is 4.41. The van der Waals surface area contributed by atoms with E-state index in [1.54, 1.807) is 43.4 Å². The molecule has 1 heterocycles. The first-order valence-corrected chi connectivity index (χ1v) is 5.30. The molecule has 0 N–H and O–H groups in total. The molecule has 0 aliphatic rings. The molecule has 0 saturated carbocycles. The normalized spacial score (nSPS) is 10.3. The lowest BCUT2D eigenvalue weighted by atomic mass is 10.0. The van der Waals surface area contributed by atoms with Gasteiger partial charge in [0.2, 0.25) is 0 Å². The Morgan fingerprint density at radius 1 is 1.41 bits per heavy atom. The molecule has 1 aromatic heterocycles. The van der Waals surface area contributed by atoms with Crippen molar-refractivity contribution in [3.8, 4) is 5.75 Å². The van der Waals surface area contributed by atoms with Crippen LogP contribution in [0.1, 0.15) is 21.5 Å². The SMILES string of the molecule is COc1ccc(C(=O)c2cnn(C)c2)c(C)c1. The highest BCUT2D eigenvalue weighted by atomic mass is 16.5. The topological polar surface area (TPSA) is 44.1 Å². The summed E-state index contributed by atoms with van der Waals surface area (Å²) in [7, 11) is 3.40. The van der Waals surface area contributed by atoms with Gasteiger partial charge in [0.1, 0.15) is 5.75 Å². The predicted octanol–water partition coefficient (Wildman–Crippen LogP) is 1.97. The zero-order chi connectivity index (χ0) is 12.4. The Hall–Kier alpha value is -2.10. The Balaban J connectivity index is 2.37. The summed E-state index contributed by atoms with van der Waals surface area (Å²) in [5.41, 5.74) is 2.18. The Bertz CT molecular complexity index is 558. The number of nitrogens with zero attached hydrogens (tertiary/aromatic N) is 2. The fourth-order valence-electron chi connectivity index (χ4n) is 1.71.